The molecule has 2 aromatic carbocycles. The van der Waals surface area contributed by atoms with Crippen molar-refractivity contribution in [2.75, 3.05) is 13.7 Å². The summed E-state index contributed by atoms with van der Waals surface area (Å²) < 4.78 is 24.4. The Morgan fingerprint density at radius 1 is 1.13 bits per heavy atom. The predicted molar refractivity (Wildman–Crippen MR) is 115 cm³/mol. The maximum atomic E-state index is 13.8. The van der Waals surface area contributed by atoms with Crippen LogP contribution in [-0.2, 0) is 16.1 Å². The second-order valence-corrected chi connectivity index (χ2v) is 7.75. The molecule has 1 N–H and O–H groups in total. The van der Waals surface area contributed by atoms with Gasteiger partial charge in [0.05, 0.1) is 7.11 Å². The molecule has 0 aromatic heterocycles. The first kappa shape index (κ1) is 22.6. The third-order valence-electron chi connectivity index (χ3n) is 5.57. The number of hydrogen-bond acceptors (Lipinski definition) is 4. The van der Waals surface area contributed by atoms with Gasteiger partial charge in [0.2, 0.25) is 5.91 Å². The van der Waals surface area contributed by atoms with Crippen LogP contribution in [0.5, 0.6) is 11.5 Å². The van der Waals surface area contributed by atoms with Crippen LogP contribution in [0.25, 0.3) is 0 Å². The molecule has 2 aromatic rings. The Bertz CT molecular complexity index is 881. The molecule has 1 atom stereocenters. The number of halogens is 1. The minimum Gasteiger partial charge on any atom is -0.497 e. The summed E-state index contributed by atoms with van der Waals surface area (Å²) in [6.45, 7) is 1.57. The molecule has 0 unspecified atom stereocenters. The van der Waals surface area contributed by atoms with Crippen LogP contribution in [0.3, 0.4) is 0 Å². The standard InChI is InChI=1S/C24H29FN2O4/c1-17(24(29)26-19-7-3-4-8-19)27(15-18-11-13-20(30-2)14-12-18)23(28)16-31-22-10-6-5-9-21(22)25/h5-6,9-14,17,19H,3-4,7-8,15-16H2,1-2H3,(H,26,29)/t17-/m0/s1. The zero-order valence-electron chi connectivity index (χ0n) is 18.0. The molecule has 0 radical (unpaired) electrons. The van der Waals surface area contributed by atoms with E-state index in [1.54, 1.807) is 38.3 Å². The topological polar surface area (TPSA) is 67.9 Å². The Kier molecular flexibility index (Phi) is 7.87. The molecule has 0 aliphatic heterocycles. The van der Waals surface area contributed by atoms with Crippen molar-refractivity contribution in [3.05, 3.63) is 59.9 Å². The van der Waals surface area contributed by atoms with Crippen LogP contribution < -0.4 is 14.8 Å². The fourth-order valence-electron chi connectivity index (χ4n) is 3.69. The van der Waals surface area contributed by atoms with Crippen molar-refractivity contribution in [3.8, 4) is 11.5 Å². The first-order valence-electron chi connectivity index (χ1n) is 10.6. The normalized spacial score (nSPS) is 14.7. The Morgan fingerprint density at radius 2 is 1.81 bits per heavy atom. The first-order valence-corrected chi connectivity index (χ1v) is 10.6. The van der Waals surface area contributed by atoms with Crippen LogP contribution in [0.4, 0.5) is 4.39 Å². The van der Waals surface area contributed by atoms with Gasteiger partial charge >= 0.3 is 0 Å². The van der Waals surface area contributed by atoms with E-state index in [4.69, 9.17) is 9.47 Å². The fourth-order valence-corrected chi connectivity index (χ4v) is 3.69. The number of carbonyl (C=O) groups is 2. The number of nitrogens with zero attached hydrogens (tertiary/aromatic N) is 1. The summed E-state index contributed by atoms with van der Waals surface area (Å²) in [7, 11) is 1.58. The Labute approximate surface area is 182 Å². The summed E-state index contributed by atoms with van der Waals surface area (Å²) in [5.74, 6) is -0.420. The van der Waals surface area contributed by atoms with Crippen molar-refractivity contribution >= 4 is 11.8 Å². The predicted octanol–water partition coefficient (Wildman–Crippen LogP) is 3.69. The number of nitrogens with one attached hydrogen (secondary N) is 1. The molecule has 0 saturated heterocycles. The molecular weight excluding hydrogens is 399 g/mol. The molecule has 6 nitrogen and oxygen atoms in total. The molecule has 7 heteroatoms. The van der Waals surface area contributed by atoms with E-state index in [9.17, 15) is 14.0 Å². The van der Waals surface area contributed by atoms with E-state index < -0.39 is 17.8 Å². The van der Waals surface area contributed by atoms with Crippen LogP contribution in [0, 0.1) is 5.82 Å². The first-order chi connectivity index (χ1) is 15.0. The third-order valence-corrected chi connectivity index (χ3v) is 5.57. The highest BCUT2D eigenvalue weighted by Gasteiger charge is 2.28. The van der Waals surface area contributed by atoms with Gasteiger partial charge in [-0.15, -0.1) is 0 Å². The molecule has 0 heterocycles. The van der Waals surface area contributed by atoms with E-state index in [0.717, 1.165) is 31.2 Å². The molecule has 0 bridgehead atoms. The number of rotatable bonds is 9. The smallest absolute Gasteiger partial charge is 0.261 e. The second-order valence-electron chi connectivity index (χ2n) is 7.75. The van der Waals surface area contributed by atoms with Gasteiger partial charge in [-0.25, -0.2) is 4.39 Å². The van der Waals surface area contributed by atoms with Crippen molar-refractivity contribution in [2.24, 2.45) is 0 Å². The second kappa shape index (κ2) is 10.8. The molecule has 1 aliphatic rings. The monoisotopic (exact) mass is 428 g/mol. The molecule has 0 spiro atoms. The average Bonchev–Trinajstić information content (AvgIpc) is 3.29. The van der Waals surface area contributed by atoms with Crippen LogP contribution >= 0.6 is 0 Å². The Hall–Kier alpha value is -3.09. The molecule has 31 heavy (non-hydrogen) atoms. The number of para-hydroxylation sites is 1. The third kappa shape index (κ3) is 6.20. The van der Waals surface area contributed by atoms with E-state index in [1.807, 2.05) is 12.1 Å². The van der Waals surface area contributed by atoms with Crippen molar-refractivity contribution < 1.29 is 23.5 Å². The van der Waals surface area contributed by atoms with Crippen molar-refractivity contribution in [2.45, 2.75) is 51.2 Å². The SMILES string of the molecule is COc1ccc(CN(C(=O)COc2ccccc2F)[C@@H](C)C(=O)NC2CCCC2)cc1. The van der Waals surface area contributed by atoms with Crippen molar-refractivity contribution in [1.82, 2.24) is 10.2 Å². The van der Waals surface area contributed by atoms with Crippen molar-refractivity contribution in [1.29, 1.82) is 0 Å². The fraction of sp³-hybridized carbons (Fsp3) is 0.417. The summed E-state index contributed by atoms with van der Waals surface area (Å²) in [5.41, 5.74) is 0.848. The van der Waals surface area contributed by atoms with E-state index in [1.165, 1.54) is 17.0 Å². The summed E-state index contributed by atoms with van der Waals surface area (Å²) in [4.78, 5) is 27.3. The lowest BCUT2D eigenvalue weighted by molar-refractivity contribution is -0.142. The van der Waals surface area contributed by atoms with Gasteiger partial charge in [0, 0.05) is 12.6 Å². The number of methoxy groups -OCH3 is 1. The van der Waals surface area contributed by atoms with Gasteiger partial charge in [-0.1, -0.05) is 37.1 Å². The van der Waals surface area contributed by atoms with E-state index in [0.29, 0.717) is 5.75 Å². The minimum atomic E-state index is -0.695. The minimum absolute atomic E-state index is 0.00306. The summed E-state index contributed by atoms with van der Waals surface area (Å²) in [6.07, 6.45) is 4.12. The van der Waals surface area contributed by atoms with E-state index >= 15 is 0 Å². The molecule has 1 aliphatic carbocycles. The highest BCUT2D eigenvalue weighted by atomic mass is 19.1. The average molecular weight is 429 g/mol. The van der Waals surface area contributed by atoms with Crippen LogP contribution in [0.15, 0.2) is 48.5 Å². The van der Waals surface area contributed by atoms with Crippen LogP contribution in [-0.4, -0.2) is 42.5 Å². The highest BCUT2D eigenvalue weighted by molar-refractivity contribution is 5.88. The van der Waals surface area contributed by atoms with E-state index in [-0.39, 0.29) is 30.9 Å². The molecular formula is C24H29FN2O4. The van der Waals surface area contributed by atoms with Gasteiger partial charge in [-0.3, -0.25) is 9.59 Å². The highest BCUT2D eigenvalue weighted by Crippen LogP contribution is 2.20. The number of carbonyl (C=O) groups excluding carboxylic acids is 2. The quantitative estimate of drug-likeness (QED) is 0.662. The van der Waals surface area contributed by atoms with Gasteiger partial charge < -0.3 is 19.7 Å². The molecule has 2 amide bonds. The number of benzene rings is 2. The maximum absolute atomic E-state index is 13.8. The number of hydrogen-bond donors (Lipinski definition) is 1. The molecule has 1 fully saturated rings. The van der Waals surface area contributed by atoms with Gasteiger partial charge in [0.25, 0.3) is 5.91 Å². The lowest BCUT2D eigenvalue weighted by Crippen LogP contribution is -2.50. The van der Waals surface area contributed by atoms with E-state index in [2.05, 4.69) is 5.32 Å². The van der Waals surface area contributed by atoms with Crippen molar-refractivity contribution in [3.63, 3.8) is 0 Å². The number of amides is 2. The van der Waals surface area contributed by atoms with Gasteiger partial charge in [-0.2, -0.15) is 0 Å². The van der Waals surface area contributed by atoms with Gasteiger partial charge in [0.15, 0.2) is 18.2 Å². The summed E-state index contributed by atoms with van der Waals surface area (Å²) in [6, 6.07) is 12.7. The Morgan fingerprint density at radius 3 is 2.45 bits per heavy atom. The molecule has 3 rings (SSSR count). The summed E-state index contributed by atoms with van der Waals surface area (Å²) in [5, 5.41) is 3.05. The van der Waals surface area contributed by atoms with Gasteiger partial charge in [-0.05, 0) is 49.6 Å². The zero-order chi connectivity index (χ0) is 22.2. The van der Waals surface area contributed by atoms with Gasteiger partial charge in [0.1, 0.15) is 11.8 Å². The van der Waals surface area contributed by atoms with Crippen LogP contribution in [0.2, 0.25) is 0 Å². The molecule has 1 saturated carbocycles. The summed E-state index contributed by atoms with van der Waals surface area (Å²) >= 11 is 0. The zero-order valence-corrected chi connectivity index (χ0v) is 18.0. The lowest BCUT2D eigenvalue weighted by Gasteiger charge is -2.29. The Balaban J connectivity index is 1.72. The number of ether oxygens (including phenoxy) is 2. The molecule has 166 valence electrons. The van der Waals surface area contributed by atoms with Crippen LogP contribution in [0.1, 0.15) is 38.2 Å². The maximum Gasteiger partial charge on any atom is 0.261 e. The lowest BCUT2D eigenvalue weighted by atomic mass is 10.1. The largest absolute Gasteiger partial charge is 0.497 e.